The minimum Gasteiger partial charge on any atom is -0.465 e. The van der Waals surface area contributed by atoms with E-state index in [1.807, 2.05) is 18.2 Å². The summed E-state index contributed by atoms with van der Waals surface area (Å²) in [4.78, 5) is 14.8. The number of benzene rings is 1. The molecule has 0 bridgehead atoms. The number of unbranched alkanes of at least 4 members (excludes halogenated alkanes) is 5. The first-order valence-electron chi connectivity index (χ1n) is 7.94. The maximum Gasteiger partial charge on any atom is 0.337 e. The second-order valence-corrected chi connectivity index (χ2v) is 5.58. The lowest BCUT2D eigenvalue weighted by molar-refractivity contribution is 0.0601. The van der Waals surface area contributed by atoms with Crippen LogP contribution in [-0.4, -0.2) is 18.1 Å². The Bertz CT molecular complexity index is 586. The van der Waals surface area contributed by atoms with E-state index in [1.54, 1.807) is 0 Å². The van der Waals surface area contributed by atoms with Crippen molar-refractivity contribution in [3.63, 3.8) is 0 Å². The molecule has 0 saturated carbocycles. The number of carbonyl (C=O) groups is 1. The Morgan fingerprint density at radius 1 is 1.14 bits per heavy atom. The molecule has 0 saturated heterocycles. The third kappa shape index (κ3) is 4.10. The molecule has 1 aromatic carbocycles. The molecular weight excluding hydrogens is 262 g/mol. The number of aromatic amines is 1. The number of aryl methyl sites for hydroxylation is 1. The molecule has 0 radical (unpaired) electrons. The van der Waals surface area contributed by atoms with Gasteiger partial charge in [-0.1, -0.05) is 45.1 Å². The van der Waals surface area contributed by atoms with Crippen LogP contribution in [0.2, 0.25) is 0 Å². The summed E-state index contributed by atoms with van der Waals surface area (Å²) >= 11 is 0. The molecule has 0 atom stereocenters. The van der Waals surface area contributed by atoms with Crippen molar-refractivity contribution >= 4 is 16.9 Å². The number of H-pyrrole nitrogens is 1. The highest BCUT2D eigenvalue weighted by molar-refractivity contribution is 5.95. The Morgan fingerprint density at radius 2 is 1.90 bits per heavy atom. The monoisotopic (exact) mass is 287 g/mol. The van der Waals surface area contributed by atoms with Crippen LogP contribution in [0.15, 0.2) is 24.4 Å². The quantitative estimate of drug-likeness (QED) is 0.556. The number of fused-ring (bicyclic) bond motifs is 1. The Kier molecular flexibility index (Phi) is 5.85. The van der Waals surface area contributed by atoms with Crippen molar-refractivity contribution in [1.82, 2.24) is 4.98 Å². The number of carbonyl (C=O) groups excluding carboxylic acids is 1. The molecule has 114 valence electrons. The van der Waals surface area contributed by atoms with Gasteiger partial charge in [0.1, 0.15) is 0 Å². The number of aromatic nitrogens is 1. The minimum absolute atomic E-state index is 0.288. The molecule has 0 aliphatic heterocycles. The number of rotatable bonds is 8. The zero-order valence-electron chi connectivity index (χ0n) is 13.1. The van der Waals surface area contributed by atoms with Gasteiger partial charge < -0.3 is 9.72 Å². The summed E-state index contributed by atoms with van der Waals surface area (Å²) < 4.78 is 4.75. The molecule has 0 aliphatic carbocycles. The molecule has 1 heterocycles. The molecule has 21 heavy (non-hydrogen) atoms. The van der Waals surface area contributed by atoms with Gasteiger partial charge in [-0.05, 0) is 30.5 Å². The van der Waals surface area contributed by atoms with E-state index in [0.29, 0.717) is 5.56 Å². The molecule has 3 heteroatoms. The number of nitrogens with one attached hydrogen (secondary N) is 1. The predicted octanol–water partition coefficient (Wildman–Crippen LogP) is 4.86. The Labute approximate surface area is 126 Å². The van der Waals surface area contributed by atoms with Gasteiger partial charge in [0, 0.05) is 17.1 Å². The van der Waals surface area contributed by atoms with Crippen LogP contribution < -0.4 is 0 Å². The van der Waals surface area contributed by atoms with E-state index in [0.717, 1.165) is 11.9 Å². The predicted molar refractivity (Wildman–Crippen MR) is 86.7 cm³/mol. The Balaban J connectivity index is 1.94. The molecule has 2 aromatic rings. The highest BCUT2D eigenvalue weighted by atomic mass is 16.5. The third-order valence-electron chi connectivity index (χ3n) is 3.99. The summed E-state index contributed by atoms with van der Waals surface area (Å²) in [5, 5.41) is 1.22. The fourth-order valence-corrected chi connectivity index (χ4v) is 2.73. The molecule has 0 unspecified atom stereocenters. The lowest BCUT2D eigenvalue weighted by atomic mass is 10.0. The van der Waals surface area contributed by atoms with Gasteiger partial charge in [0.15, 0.2) is 0 Å². The normalized spacial score (nSPS) is 11.0. The first-order valence-corrected chi connectivity index (χ1v) is 7.94. The van der Waals surface area contributed by atoms with Crippen molar-refractivity contribution in [3.05, 3.63) is 35.5 Å². The van der Waals surface area contributed by atoms with Crippen molar-refractivity contribution in [3.8, 4) is 0 Å². The fraction of sp³-hybridized carbons (Fsp3) is 0.500. The van der Waals surface area contributed by atoms with Crippen LogP contribution in [0.3, 0.4) is 0 Å². The number of methoxy groups -OCH3 is 1. The first kappa shape index (κ1) is 15.6. The summed E-state index contributed by atoms with van der Waals surface area (Å²) in [6, 6.07) is 5.73. The zero-order valence-corrected chi connectivity index (χ0v) is 13.1. The molecule has 1 aromatic heterocycles. The van der Waals surface area contributed by atoms with E-state index in [1.165, 1.54) is 56.6 Å². The zero-order chi connectivity index (χ0) is 15.1. The lowest BCUT2D eigenvalue weighted by Crippen LogP contribution is -2.00. The SMILES string of the molecule is CCCCCCCCc1c[nH]c2cc(C(=O)OC)ccc12. The summed E-state index contributed by atoms with van der Waals surface area (Å²) in [5.41, 5.74) is 2.95. The molecule has 0 fully saturated rings. The molecular formula is C18H25NO2. The van der Waals surface area contributed by atoms with Crippen molar-refractivity contribution < 1.29 is 9.53 Å². The number of esters is 1. The number of ether oxygens (including phenoxy) is 1. The topological polar surface area (TPSA) is 42.1 Å². The maximum absolute atomic E-state index is 11.5. The number of hydrogen-bond donors (Lipinski definition) is 1. The number of hydrogen-bond acceptors (Lipinski definition) is 2. The van der Waals surface area contributed by atoms with E-state index in [9.17, 15) is 4.79 Å². The van der Waals surface area contributed by atoms with Crippen LogP contribution >= 0.6 is 0 Å². The van der Waals surface area contributed by atoms with Crippen LogP contribution in [0.25, 0.3) is 10.9 Å². The summed E-state index contributed by atoms with van der Waals surface area (Å²) in [6.45, 7) is 2.24. The van der Waals surface area contributed by atoms with Gasteiger partial charge in [0.05, 0.1) is 12.7 Å². The van der Waals surface area contributed by atoms with Crippen LogP contribution in [0.1, 0.15) is 61.4 Å². The lowest BCUT2D eigenvalue weighted by Gasteiger charge is -2.02. The van der Waals surface area contributed by atoms with E-state index in [-0.39, 0.29) is 5.97 Å². The molecule has 1 N–H and O–H groups in total. The van der Waals surface area contributed by atoms with Crippen LogP contribution in [-0.2, 0) is 11.2 Å². The standard InChI is InChI=1S/C18H25NO2/c1-3-4-5-6-7-8-9-15-13-19-17-12-14(18(20)21-2)10-11-16(15)17/h10-13,19H,3-9H2,1-2H3. The van der Waals surface area contributed by atoms with Gasteiger partial charge in [-0.15, -0.1) is 0 Å². The van der Waals surface area contributed by atoms with Crippen LogP contribution in [0.5, 0.6) is 0 Å². The van der Waals surface area contributed by atoms with Gasteiger partial charge in [0.25, 0.3) is 0 Å². The van der Waals surface area contributed by atoms with Gasteiger partial charge in [-0.2, -0.15) is 0 Å². The third-order valence-corrected chi connectivity index (χ3v) is 3.99. The van der Waals surface area contributed by atoms with Crippen LogP contribution in [0, 0.1) is 0 Å². The van der Waals surface area contributed by atoms with E-state index < -0.39 is 0 Å². The Hall–Kier alpha value is -1.77. The molecule has 0 amide bonds. The van der Waals surface area contributed by atoms with Crippen LogP contribution in [0.4, 0.5) is 0 Å². The second-order valence-electron chi connectivity index (χ2n) is 5.58. The van der Waals surface area contributed by atoms with Crippen molar-refractivity contribution in [2.24, 2.45) is 0 Å². The van der Waals surface area contributed by atoms with E-state index in [2.05, 4.69) is 18.1 Å². The highest BCUT2D eigenvalue weighted by Crippen LogP contribution is 2.22. The maximum atomic E-state index is 11.5. The highest BCUT2D eigenvalue weighted by Gasteiger charge is 2.09. The first-order chi connectivity index (χ1) is 10.3. The summed E-state index contributed by atoms with van der Waals surface area (Å²) in [7, 11) is 1.41. The van der Waals surface area contributed by atoms with Crippen molar-refractivity contribution in [2.45, 2.75) is 51.9 Å². The largest absolute Gasteiger partial charge is 0.465 e. The average Bonchev–Trinajstić information content (AvgIpc) is 2.92. The van der Waals surface area contributed by atoms with Gasteiger partial charge in [-0.25, -0.2) is 4.79 Å². The second kappa shape index (κ2) is 7.87. The molecule has 3 nitrogen and oxygen atoms in total. The van der Waals surface area contributed by atoms with E-state index in [4.69, 9.17) is 4.74 Å². The fourth-order valence-electron chi connectivity index (χ4n) is 2.73. The minimum atomic E-state index is -0.288. The summed E-state index contributed by atoms with van der Waals surface area (Å²) in [5.74, 6) is -0.288. The van der Waals surface area contributed by atoms with E-state index >= 15 is 0 Å². The molecule has 0 aliphatic rings. The molecule has 2 rings (SSSR count). The smallest absolute Gasteiger partial charge is 0.337 e. The molecule has 0 spiro atoms. The van der Waals surface area contributed by atoms with Gasteiger partial charge in [-0.3, -0.25) is 0 Å². The van der Waals surface area contributed by atoms with Gasteiger partial charge >= 0.3 is 5.97 Å². The van der Waals surface area contributed by atoms with Gasteiger partial charge in [0.2, 0.25) is 0 Å². The summed E-state index contributed by atoms with van der Waals surface area (Å²) in [6.07, 6.45) is 11.0. The van der Waals surface area contributed by atoms with Crippen molar-refractivity contribution in [1.29, 1.82) is 0 Å². The van der Waals surface area contributed by atoms with Crippen molar-refractivity contribution in [2.75, 3.05) is 7.11 Å². The Morgan fingerprint density at radius 3 is 2.67 bits per heavy atom. The average molecular weight is 287 g/mol.